The second-order valence-electron chi connectivity index (χ2n) is 7.82. The van der Waals surface area contributed by atoms with Crippen molar-refractivity contribution in [2.75, 3.05) is 6.54 Å². The number of aromatic nitrogens is 3. The van der Waals surface area contributed by atoms with Gasteiger partial charge in [-0.1, -0.05) is 29.8 Å². The van der Waals surface area contributed by atoms with Crippen molar-refractivity contribution < 1.29 is 0 Å². The molecule has 2 aromatic heterocycles. The Balaban J connectivity index is 1.58. The zero-order valence-corrected chi connectivity index (χ0v) is 17.6. The summed E-state index contributed by atoms with van der Waals surface area (Å²) in [5.41, 5.74) is 7.24. The Morgan fingerprint density at radius 2 is 1.96 bits per heavy atom. The highest BCUT2D eigenvalue weighted by Crippen LogP contribution is 2.33. The lowest BCUT2D eigenvalue weighted by atomic mass is 10.0. The van der Waals surface area contributed by atoms with Crippen LogP contribution in [0, 0.1) is 13.8 Å². The number of hydrogen-bond acceptors (Lipinski definition) is 3. The first kappa shape index (κ1) is 19.2. The molecule has 4 nitrogen and oxygen atoms in total. The van der Waals surface area contributed by atoms with Crippen molar-refractivity contribution in [3.8, 4) is 0 Å². The first-order valence-electron chi connectivity index (χ1n) is 9.93. The lowest BCUT2D eigenvalue weighted by molar-refractivity contribution is 0.243. The van der Waals surface area contributed by atoms with Gasteiger partial charge in [-0.25, -0.2) is 0 Å². The molecule has 3 aromatic rings. The first-order valence-corrected chi connectivity index (χ1v) is 10.3. The summed E-state index contributed by atoms with van der Waals surface area (Å²) in [5.74, 6) is 0. The molecule has 1 fully saturated rings. The third kappa shape index (κ3) is 3.98. The smallest absolute Gasteiger partial charge is 0.0581 e. The van der Waals surface area contributed by atoms with Crippen molar-refractivity contribution in [1.82, 2.24) is 19.7 Å². The molecule has 0 spiro atoms. The average molecular weight is 395 g/mol. The van der Waals surface area contributed by atoms with E-state index in [2.05, 4.69) is 42.0 Å². The minimum atomic E-state index is 0.365. The van der Waals surface area contributed by atoms with E-state index < -0.39 is 0 Å². The van der Waals surface area contributed by atoms with E-state index in [9.17, 15) is 0 Å². The third-order valence-electron chi connectivity index (χ3n) is 5.80. The van der Waals surface area contributed by atoms with Crippen molar-refractivity contribution >= 4 is 11.6 Å². The minimum Gasteiger partial charge on any atom is -0.290 e. The Bertz CT molecular complexity index is 978. The summed E-state index contributed by atoms with van der Waals surface area (Å²) in [5, 5.41) is 5.23. The molecule has 0 N–H and O–H groups in total. The molecule has 0 saturated carbocycles. The van der Waals surface area contributed by atoms with Crippen LogP contribution in [0.1, 0.15) is 52.7 Å². The fraction of sp³-hybridized carbons (Fsp3) is 0.391. The van der Waals surface area contributed by atoms with E-state index >= 15 is 0 Å². The quantitative estimate of drug-likeness (QED) is 0.609. The Morgan fingerprint density at radius 3 is 2.71 bits per heavy atom. The summed E-state index contributed by atoms with van der Waals surface area (Å²) >= 11 is 6.38. The number of benzene rings is 1. The molecular weight excluding hydrogens is 368 g/mol. The van der Waals surface area contributed by atoms with Gasteiger partial charge >= 0.3 is 0 Å². The molecule has 1 saturated heterocycles. The third-order valence-corrected chi connectivity index (χ3v) is 6.17. The number of halogens is 1. The molecule has 1 aliphatic rings. The first-order chi connectivity index (χ1) is 13.5. The SMILES string of the molecule is Cc1cc(Cc2ccccc2Cl)cc(C2CCCN2Cc2cnn(C)c2C)n1. The van der Waals surface area contributed by atoms with Crippen LogP contribution in [0.5, 0.6) is 0 Å². The van der Waals surface area contributed by atoms with Gasteiger partial charge < -0.3 is 0 Å². The van der Waals surface area contributed by atoms with E-state index in [1.165, 1.54) is 28.9 Å². The summed E-state index contributed by atoms with van der Waals surface area (Å²) in [7, 11) is 2.00. The highest BCUT2D eigenvalue weighted by molar-refractivity contribution is 6.31. The predicted octanol–water partition coefficient (Wildman–Crippen LogP) is 5.01. The van der Waals surface area contributed by atoms with Crippen molar-refractivity contribution in [1.29, 1.82) is 0 Å². The number of hydrogen-bond donors (Lipinski definition) is 0. The van der Waals surface area contributed by atoms with Crippen LogP contribution in [0.25, 0.3) is 0 Å². The number of aryl methyl sites for hydroxylation is 2. The van der Waals surface area contributed by atoms with Gasteiger partial charge in [-0.05, 0) is 69.0 Å². The zero-order valence-electron chi connectivity index (χ0n) is 16.8. The van der Waals surface area contributed by atoms with E-state index in [1.54, 1.807) is 0 Å². The van der Waals surface area contributed by atoms with E-state index in [1.807, 2.05) is 36.1 Å². The number of likely N-dealkylation sites (tertiary alicyclic amines) is 1. The van der Waals surface area contributed by atoms with E-state index in [0.717, 1.165) is 42.2 Å². The molecule has 5 heteroatoms. The molecule has 0 bridgehead atoms. The Hall–Kier alpha value is -2.17. The van der Waals surface area contributed by atoms with E-state index in [4.69, 9.17) is 16.6 Å². The summed E-state index contributed by atoms with van der Waals surface area (Å²) in [4.78, 5) is 7.45. The maximum Gasteiger partial charge on any atom is 0.0581 e. The second-order valence-corrected chi connectivity index (χ2v) is 8.22. The lowest BCUT2D eigenvalue weighted by Gasteiger charge is -2.24. The highest BCUT2D eigenvalue weighted by atomic mass is 35.5. The van der Waals surface area contributed by atoms with Crippen molar-refractivity contribution in [2.45, 2.75) is 45.7 Å². The summed E-state index contributed by atoms with van der Waals surface area (Å²) < 4.78 is 1.95. The van der Waals surface area contributed by atoms with Crippen LogP contribution in [0.4, 0.5) is 0 Å². The molecule has 0 radical (unpaired) electrons. The van der Waals surface area contributed by atoms with Crippen molar-refractivity contribution in [3.05, 3.63) is 81.4 Å². The van der Waals surface area contributed by atoms with Gasteiger partial charge in [0.2, 0.25) is 0 Å². The second kappa shape index (κ2) is 8.06. The molecule has 3 heterocycles. The standard InChI is InChI=1S/C23H27ClN4/c1-16-11-18(12-19-7-4-5-8-21(19)24)13-22(26-16)23-9-6-10-28(23)15-20-14-25-27(3)17(20)2/h4-5,7-8,11,13-14,23H,6,9-10,12,15H2,1-3H3. The Morgan fingerprint density at radius 1 is 1.14 bits per heavy atom. The largest absolute Gasteiger partial charge is 0.290 e. The van der Waals surface area contributed by atoms with Crippen LogP contribution in [-0.4, -0.2) is 26.2 Å². The van der Waals surface area contributed by atoms with Crippen molar-refractivity contribution in [2.24, 2.45) is 7.05 Å². The number of nitrogens with zero attached hydrogens (tertiary/aromatic N) is 4. The van der Waals surface area contributed by atoms with Crippen LogP contribution < -0.4 is 0 Å². The van der Waals surface area contributed by atoms with Gasteiger partial charge in [-0.3, -0.25) is 14.6 Å². The Kier molecular flexibility index (Phi) is 5.51. The van der Waals surface area contributed by atoms with Crippen LogP contribution in [0.15, 0.2) is 42.6 Å². The van der Waals surface area contributed by atoms with Gasteiger partial charge in [0.05, 0.1) is 17.9 Å². The van der Waals surface area contributed by atoms with Gasteiger partial charge in [-0.2, -0.15) is 5.10 Å². The predicted molar refractivity (Wildman–Crippen MR) is 114 cm³/mol. The molecule has 146 valence electrons. The summed E-state index contributed by atoms with van der Waals surface area (Å²) in [6.45, 7) is 6.26. The number of pyridine rings is 1. The molecule has 1 unspecified atom stereocenters. The Labute approximate surface area is 172 Å². The molecule has 1 aliphatic heterocycles. The average Bonchev–Trinajstić information content (AvgIpc) is 3.25. The monoisotopic (exact) mass is 394 g/mol. The van der Waals surface area contributed by atoms with Gasteiger partial charge in [0.1, 0.15) is 0 Å². The van der Waals surface area contributed by atoms with Crippen LogP contribution in [0.3, 0.4) is 0 Å². The molecule has 1 atom stereocenters. The zero-order chi connectivity index (χ0) is 19.7. The maximum atomic E-state index is 6.38. The van der Waals surface area contributed by atoms with Gasteiger partial charge in [0.15, 0.2) is 0 Å². The molecular formula is C23H27ClN4. The molecule has 28 heavy (non-hydrogen) atoms. The van der Waals surface area contributed by atoms with E-state index in [-0.39, 0.29) is 0 Å². The summed E-state index contributed by atoms with van der Waals surface area (Å²) in [6.07, 6.45) is 5.20. The fourth-order valence-electron chi connectivity index (χ4n) is 4.17. The molecule has 1 aromatic carbocycles. The van der Waals surface area contributed by atoms with Crippen LogP contribution in [-0.2, 0) is 20.0 Å². The minimum absolute atomic E-state index is 0.365. The van der Waals surface area contributed by atoms with E-state index in [0.29, 0.717) is 6.04 Å². The van der Waals surface area contributed by atoms with Gasteiger partial charge in [-0.15, -0.1) is 0 Å². The van der Waals surface area contributed by atoms with Crippen LogP contribution >= 0.6 is 11.6 Å². The van der Waals surface area contributed by atoms with Crippen molar-refractivity contribution in [3.63, 3.8) is 0 Å². The topological polar surface area (TPSA) is 34.0 Å². The highest BCUT2D eigenvalue weighted by Gasteiger charge is 2.28. The number of rotatable bonds is 5. The summed E-state index contributed by atoms with van der Waals surface area (Å²) in [6, 6.07) is 12.9. The fourth-order valence-corrected chi connectivity index (χ4v) is 4.37. The maximum absolute atomic E-state index is 6.38. The molecule has 0 amide bonds. The molecule has 0 aliphatic carbocycles. The normalized spacial score (nSPS) is 17.4. The van der Waals surface area contributed by atoms with Crippen LogP contribution in [0.2, 0.25) is 5.02 Å². The lowest BCUT2D eigenvalue weighted by Crippen LogP contribution is -2.24. The van der Waals surface area contributed by atoms with Gasteiger partial charge in [0, 0.05) is 35.6 Å². The van der Waals surface area contributed by atoms with Gasteiger partial charge in [0.25, 0.3) is 0 Å². The molecule has 4 rings (SSSR count).